The van der Waals surface area contributed by atoms with Crippen molar-refractivity contribution in [1.29, 1.82) is 0 Å². The number of hydrogen-bond acceptors (Lipinski definition) is 5. The summed E-state index contributed by atoms with van der Waals surface area (Å²) in [5.41, 5.74) is 3.40. The molecule has 5 rings (SSSR count). The van der Waals surface area contributed by atoms with E-state index in [-0.39, 0.29) is 5.91 Å². The Morgan fingerprint density at radius 1 is 0.971 bits per heavy atom. The highest BCUT2D eigenvalue weighted by Crippen LogP contribution is 2.32. The zero-order valence-electron chi connectivity index (χ0n) is 18.9. The number of rotatable bonds is 8. The van der Waals surface area contributed by atoms with Gasteiger partial charge in [-0.05, 0) is 35.7 Å². The molecular formula is C27H25N5OS. The van der Waals surface area contributed by atoms with E-state index in [4.69, 9.17) is 4.98 Å². The van der Waals surface area contributed by atoms with Gasteiger partial charge in [-0.2, -0.15) is 5.10 Å². The molecule has 34 heavy (non-hydrogen) atoms. The van der Waals surface area contributed by atoms with Crippen molar-refractivity contribution in [3.63, 3.8) is 0 Å². The van der Waals surface area contributed by atoms with Crippen LogP contribution in [0.5, 0.6) is 0 Å². The smallest absolute Gasteiger partial charge is 0.231 e. The number of nitrogens with one attached hydrogen (secondary N) is 1. The maximum atomic E-state index is 13.6. The number of benzene rings is 3. The van der Waals surface area contributed by atoms with Crippen molar-refractivity contribution in [2.75, 3.05) is 0 Å². The standard InChI is InChI=1S/C27H25N5OS/c1-27(22-7-3-2-4-8-22,15-25-31-23-9-5-6-10-24(23)34-25)26(33)29-16-20-11-13-21(14-12-20)17-32-19-28-18-30-32/h2-14,18-19H,15-17H2,1H3,(H,29,33). The van der Waals surface area contributed by atoms with Gasteiger partial charge in [0.1, 0.15) is 12.7 Å². The molecule has 6 nitrogen and oxygen atoms in total. The van der Waals surface area contributed by atoms with Gasteiger partial charge in [-0.1, -0.05) is 66.7 Å². The lowest BCUT2D eigenvalue weighted by molar-refractivity contribution is -0.126. The summed E-state index contributed by atoms with van der Waals surface area (Å²) in [6, 6.07) is 26.3. The average molecular weight is 468 g/mol. The molecule has 0 saturated carbocycles. The Balaban J connectivity index is 1.32. The van der Waals surface area contributed by atoms with Gasteiger partial charge in [0.05, 0.1) is 27.2 Å². The summed E-state index contributed by atoms with van der Waals surface area (Å²) >= 11 is 1.65. The third-order valence-corrected chi connectivity index (χ3v) is 7.08. The number of nitrogens with zero attached hydrogens (tertiary/aromatic N) is 4. The van der Waals surface area contributed by atoms with Crippen LogP contribution in [-0.2, 0) is 29.7 Å². The first-order chi connectivity index (χ1) is 16.6. The van der Waals surface area contributed by atoms with Gasteiger partial charge in [-0.25, -0.2) is 14.6 Å². The molecule has 1 N–H and O–H groups in total. The Kier molecular flexibility index (Phi) is 6.18. The minimum absolute atomic E-state index is 0.00959. The topological polar surface area (TPSA) is 72.7 Å². The molecule has 0 saturated heterocycles. The summed E-state index contributed by atoms with van der Waals surface area (Å²) < 4.78 is 2.92. The third kappa shape index (κ3) is 4.75. The average Bonchev–Trinajstić information content (AvgIpc) is 3.53. The number of hydrogen-bond donors (Lipinski definition) is 1. The highest BCUT2D eigenvalue weighted by atomic mass is 32.1. The van der Waals surface area contributed by atoms with Crippen molar-refractivity contribution < 1.29 is 4.79 Å². The maximum Gasteiger partial charge on any atom is 0.231 e. The monoisotopic (exact) mass is 467 g/mol. The fraction of sp³-hybridized carbons (Fsp3) is 0.185. The van der Waals surface area contributed by atoms with E-state index in [2.05, 4.69) is 33.6 Å². The molecule has 5 aromatic rings. The fourth-order valence-corrected chi connectivity index (χ4v) is 5.18. The second-order valence-corrected chi connectivity index (χ2v) is 9.66. The molecule has 0 aliphatic heterocycles. The minimum Gasteiger partial charge on any atom is -0.351 e. The zero-order valence-corrected chi connectivity index (χ0v) is 19.7. The van der Waals surface area contributed by atoms with Crippen LogP contribution in [0, 0.1) is 0 Å². The Bertz CT molecular complexity index is 1350. The van der Waals surface area contributed by atoms with Gasteiger partial charge in [-0.3, -0.25) is 4.79 Å². The van der Waals surface area contributed by atoms with E-state index in [0.717, 1.165) is 31.9 Å². The lowest BCUT2D eigenvalue weighted by Crippen LogP contribution is -2.43. The summed E-state index contributed by atoms with van der Waals surface area (Å²) in [6.07, 6.45) is 3.77. The maximum absolute atomic E-state index is 13.6. The van der Waals surface area contributed by atoms with E-state index in [0.29, 0.717) is 19.5 Å². The van der Waals surface area contributed by atoms with E-state index in [1.807, 2.05) is 67.6 Å². The highest BCUT2D eigenvalue weighted by Gasteiger charge is 2.36. The molecule has 1 atom stereocenters. The quantitative estimate of drug-likeness (QED) is 0.357. The van der Waals surface area contributed by atoms with E-state index in [1.54, 1.807) is 22.3 Å². The highest BCUT2D eigenvalue weighted by molar-refractivity contribution is 7.18. The number of aromatic nitrogens is 4. The Labute approximate surface area is 202 Å². The Hall–Kier alpha value is -3.84. The van der Waals surface area contributed by atoms with Crippen molar-refractivity contribution >= 4 is 27.5 Å². The summed E-state index contributed by atoms with van der Waals surface area (Å²) in [4.78, 5) is 22.4. The second-order valence-electron chi connectivity index (χ2n) is 8.54. The van der Waals surface area contributed by atoms with Crippen LogP contribution >= 0.6 is 11.3 Å². The van der Waals surface area contributed by atoms with Crippen LogP contribution in [-0.4, -0.2) is 25.7 Å². The predicted molar refractivity (Wildman–Crippen MR) is 135 cm³/mol. The van der Waals surface area contributed by atoms with E-state index in [9.17, 15) is 4.79 Å². The number of para-hydroxylation sites is 1. The molecule has 170 valence electrons. The molecule has 0 spiro atoms. The van der Waals surface area contributed by atoms with Crippen molar-refractivity contribution in [3.05, 3.63) is 113 Å². The minimum atomic E-state index is -0.734. The van der Waals surface area contributed by atoms with E-state index < -0.39 is 5.41 Å². The number of amides is 1. The first-order valence-corrected chi connectivity index (χ1v) is 12.0. The first-order valence-electron chi connectivity index (χ1n) is 11.2. The van der Waals surface area contributed by atoms with Crippen LogP contribution in [0.15, 0.2) is 91.5 Å². The van der Waals surface area contributed by atoms with E-state index in [1.165, 1.54) is 6.33 Å². The summed E-state index contributed by atoms with van der Waals surface area (Å²) in [5.74, 6) is -0.00959. The molecule has 1 amide bonds. The number of thiazole rings is 1. The number of fused-ring (bicyclic) bond motifs is 1. The molecular weight excluding hydrogens is 442 g/mol. The lowest BCUT2D eigenvalue weighted by Gasteiger charge is -2.28. The van der Waals surface area contributed by atoms with Crippen LogP contribution in [0.4, 0.5) is 0 Å². The van der Waals surface area contributed by atoms with Gasteiger partial charge in [0.25, 0.3) is 0 Å². The molecule has 2 heterocycles. The third-order valence-electron chi connectivity index (χ3n) is 6.04. The summed E-state index contributed by atoms with van der Waals surface area (Å²) in [7, 11) is 0. The molecule has 0 bridgehead atoms. The van der Waals surface area contributed by atoms with Crippen LogP contribution in [0.25, 0.3) is 10.2 Å². The van der Waals surface area contributed by atoms with Crippen molar-refractivity contribution in [2.24, 2.45) is 0 Å². The lowest BCUT2D eigenvalue weighted by atomic mass is 9.78. The fourth-order valence-electron chi connectivity index (χ4n) is 4.06. The van der Waals surface area contributed by atoms with Gasteiger partial charge in [-0.15, -0.1) is 11.3 Å². The molecule has 7 heteroatoms. The van der Waals surface area contributed by atoms with E-state index >= 15 is 0 Å². The largest absolute Gasteiger partial charge is 0.351 e. The van der Waals surface area contributed by atoms with Crippen LogP contribution in [0.3, 0.4) is 0 Å². The van der Waals surface area contributed by atoms with Gasteiger partial charge in [0, 0.05) is 13.0 Å². The second kappa shape index (κ2) is 9.57. The molecule has 3 aromatic carbocycles. The molecule has 0 fully saturated rings. The first kappa shape index (κ1) is 22.0. The SMILES string of the molecule is CC(Cc1nc2ccccc2s1)(C(=O)NCc1ccc(Cn2cncn2)cc1)c1ccccc1. The molecule has 0 aliphatic rings. The van der Waals surface area contributed by atoms with Crippen molar-refractivity contribution in [3.8, 4) is 0 Å². The molecule has 1 unspecified atom stereocenters. The summed E-state index contributed by atoms with van der Waals surface area (Å²) in [5, 5.41) is 8.27. The molecule has 0 aliphatic carbocycles. The molecule has 0 radical (unpaired) electrons. The number of carbonyl (C=O) groups excluding carboxylic acids is 1. The van der Waals surface area contributed by atoms with Gasteiger partial charge in [0.15, 0.2) is 0 Å². The normalized spacial score (nSPS) is 13.0. The van der Waals surface area contributed by atoms with Gasteiger partial charge in [0.2, 0.25) is 5.91 Å². The Morgan fingerprint density at radius 3 is 2.44 bits per heavy atom. The zero-order chi connectivity index (χ0) is 23.4. The van der Waals surface area contributed by atoms with Crippen molar-refractivity contribution in [1.82, 2.24) is 25.1 Å². The van der Waals surface area contributed by atoms with Gasteiger partial charge < -0.3 is 5.32 Å². The van der Waals surface area contributed by atoms with Crippen LogP contribution in [0.2, 0.25) is 0 Å². The number of carbonyl (C=O) groups is 1. The Morgan fingerprint density at radius 2 is 1.71 bits per heavy atom. The van der Waals surface area contributed by atoms with Gasteiger partial charge >= 0.3 is 0 Å². The summed E-state index contributed by atoms with van der Waals surface area (Å²) in [6.45, 7) is 3.14. The van der Waals surface area contributed by atoms with Crippen molar-refractivity contribution in [2.45, 2.75) is 31.8 Å². The molecule has 2 aromatic heterocycles. The van der Waals surface area contributed by atoms with Crippen LogP contribution in [0.1, 0.15) is 28.6 Å². The van der Waals surface area contributed by atoms with Crippen LogP contribution < -0.4 is 5.32 Å². The predicted octanol–water partition coefficient (Wildman–Crippen LogP) is 4.75.